The fourth-order valence-corrected chi connectivity index (χ4v) is 2.04. The van der Waals surface area contributed by atoms with E-state index in [9.17, 15) is 4.79 Å². The lowest BCUT2D eigenvalue weighted by atomic mass is 9.87. The minimum atomic E-state index is -0.508. The van der Waals surface area contributed by atoms with Crippen molar-refractivity contribution in [1.29, 1.82) is 0 Å². The van der Waals surface area contributed by atoms with Crippen molar-refractivity contribution in [1.82, 2.24) is 15.1 Å². The molecule has 1 atom stereocenters. The van der Waals surface area contributed by atoms with Crippen LogP contribution in [0.4, 0.5) is 0 Å². The Morgan fingerprint density at radius 3 is 2.39 bits per heavy atom. The molecule has 0 saturated carbocycles. The molecule has 0 saturated heterocycles. The van der Waals surface area contributed by atoms with Gasteiger partial charge in [0.2, 0.25) is 5.91 Å². The van der Waals surface area contributed by atoms with Crippen molar-refractivity contribution in [3.63, 3.8) is 0 Å². The molecule has 0 aliphatic heterocycles. The van der Waals surface area contributed by atoms with Crippen molar-refractivity contribution < 1.29 is 4.79 Å². The highest BCUT2D eigenvalue weighted by molar-refractivity contribution is 5.85. The molecule has 1 amide bonds. The van der Waals surface area contributed by atoms with Crippen LogP contribution in [0.25, 0.3) is 0 Å². The Morgan fingerprint density at radius 2 is 1.87 bits per heavy atom. The standard InChI is InChI=1S/C17H24N4O.ClH/c1-17(2,3)15(18)16(22)19-11-13-5-7-14(8-6-13)12-21-10-4-9-20-21;/h4-10,15H,11-12,18H2,1-3H3,(H,19,22);1H/t15-;/m1./s1. The molecular formula is C17H25ClN4O. The summed E-state index contributed by atoms with van der Waals surface area (Å²) in [7, 11) is 0. The smallest absolute Gasteiger partial charge is 0.237 e. The first-order chi connectivity index (χ1) is 10.4. The summed E-state index contributed by atoms with van der Waals surface area (Å²) in [5.41, 5.74) is 7.92. The van der Waals surface area contributed by atoms with Gasteiger partial charge in [0.25, 0.3) is 0 Å². The fourth-order valence-electron chi connectivity index (χ4n) is 2.04. The molecule has 6 heteroatoms. The van der Waals surface area contributed by atoms with E-state index in [4.69, 9.17) is 5.73 Å². The highest BCUT2D eigenvalue weighted by Gasteiger charge is 2.26. The highest BCUT2D eigenvalue weighted by Crippen LogP contribution is 2.17. The third kappa shape index (κ3) is 5.69. The van der Waals surface area contributed by atoms with E-state index in [1.807, 2.05) is 62.0 Å². The minimum Gasteiger partial charge on any atom is -0.351 e. The second-order valence-corrected chi connectivity index (χ2v) is 6.58. The van der Waals surface area contributed by atoms with E-state index in [1.54, 1.807) is 6.20 Å². The van der Waals surface area contributed by atoms with Crippen molar-refractivity contribution in [2.24, 2.45) is 11.1 Å². The minimum absolute atomic E-state index is 0. The van der Waals surface area contributed by atoms with Crippen LogP contribution in [-0.2, 0) is 17.9 Å². The number of aromatic nitrogens is 2. The summed E-state index contributed by atoms with van der Waals surface area (Å²) in [6, 6.07) is 9.53. The molecule has 126 valence electrons. The molecule has 1 aromatic heterocycles. The summed E-state index contributed by atoms with van der Waals surface area (Å²) in [6.07, 6.45) is 3.70. The number of nitrogens with two attached hydrogens (primary N) is 1. The lowest BCUT2D eigenvalue weighted by Crippen LogP contribution is -2.48. The molecule has 0 unspecified atom stereocenters. The number of nitrogens with one attached hydrogen (secondary N) is 1. The summed E-state index contributed by atoms with van der Waals surface area (Å²) in [5.74, 6) is -0.117. The monoisotopic (exact) mass is 336 g/mol. The number of amides is 1. The average molecular weight is 337 g/mol. The molecule has 0 spiro atoms. The number of carbonyl (C=O) groups is 1. The maximum Gasteiger partial charge on any atom is 0.237 e. The molecule has 2 aromatic rings. The van der Waals surface area contributed by atoms with Gasteiger partial charge in [-0.2, -0.15) is 5.10 Å². The molecule has 0 aliphatic carbocycles. The van der Waals surface area contributed by atoms with E-state index in [-0.39, 0.29) is 23.7 Å². The van der Waals surface area contributed by atoms with E-state index >= 15 is 0 Å². The van der Waals surface area contributed by atoms with Gasteiger partial charge in [-0.1, -0.05) is 45.0 Å². The maximum atomic E-state index is 12.0. The van der Waals surface area contributed by atoms with E-state index in [0.717, 1.165) is 12.1 Å². The van der Waals surface area contributed by atoms with Crippen molar-refractivity contribution in [3.05, 3.63) is 53.9 Å². The first kappa shape index (κ1) is 19.2. The maximum absolute atomic E-state index is 12.0. The molecule has 1 heterocycles. The largest absolute Gasteiger partial charge is 0.351 e. The number of nitrogens with zero attached hydrogens (tertiary/aromatic N) is 2. The molecule has 3 N–H and O–H groups in total. The Morgan fingerprint density at radius 1 is 1.26 bits per heavy atom. The molecule has 0 aliphatic rings. The van der Waals surface area contributed by atoms with Crippen LogP contribution in [0.5, 0.6) is 0 Å². The van der Waals surface area contributed by atoms with Gasteiger partial charge in [0.15, 0.2) is 0 Å². The van der Waals surface area contributed by atoms with Crippen LogP contribution in [0.3, 0.4) is 0 Å². The van der Waals surface area contributed by atoms with Crippen LogP contribution in [-0.4, -0.2) is 21.7 Å². The van der Waals surface area contributed by atoms with Gasteiger partial charge in [0.05, 0.1) is 12.6 Å². The lowest BCUT2D eigenvalue weighted by Gasteiger charge is -2.25. The quantitative estimate of drug-likeness (QED) is 0.880. The first-order valence-corrected chi connectivity index (χ1v) is 7.45. The van der Waals surface area contributed by atoms with Gasteiger partial charge in [-0.25, -0.2) is 0 Å². The van der Waals surface area contributed by atoms with Crippen molar-refractivity contribution >= 4 is 18.3 Å². The van der Waals surface area contributed by atoms with Gasteiger partial charge in [-0.15, -0.1) is 12.4 Å². The third-order valence-electron chi connectivity index (χ3n) is 3.61. The predicted octanol–water partition coefficient (Wildman–Crippen LogP) is 2.34. The molecule has 0 radical (unpaired) electrons. The number of hydrogen-bond donors (Lipinski definition) is 2. The van der Waals surface area contributed by atoms with E-state index in [2.05, 4.69) is 10.4 Å². The van der Waals surface area contributed by atoms with Crippen LogP contribution in [0.15, 0.2) is 42.7 Å². The Balaban J connectivity index is 0.00000264. The number of rotatable bonds is 5. The topological polar surface area (TPSA) is 72.9 Å². The van der Waals surface area contributed by atoms with Gasteiger partial charge in [0.1, 0.15) is 0 Å². The van der Waals surface area contributed by atoms with Gasteiger partial charge in [-0.3, -0.25) is 9.48 Å². The van der Waals surface area contributed by atoms with Gasteiger partial charge in [0, 0.05) is 18.9 Å². The molecule has 0 fully saturated rings. The first-order valence-electron chi connectivity index (χ1n) is 7.45. The molecular weight excluding hydrogens is 312 g/mol. The van der Waals surface area contributed by atoms with Crippen LogP contribution in [0.1, 0.15) is 31.9 Å². The summed E-state index contributed by atoms with van der Waals surface area (Å²) in [5, 5.41) is 7.07. The zero-order valence-corrected chi connectivity index (χ0v) is 14.6. The Labute approximate surface area is 143 Å². The second-order valence-electron chi connectivity index (χ2n) is 6.58. The van der Waals surface area contributed by atoms with Gasteiger partial charge in [-0.05, 0) is 22.6 Å². The predicted molar refractivity (Wildman–Crippen MR) is 94.3 cm³/mol. The van der Waals surface area contributed by atoms with Gasteiger partial charge >= 0.3 is 0 Å². The Kier molecular flexibility index (Phi) is 6.79. The van der Waals surface area contributed by atoms with Crippen molar-refractivity contribution in [2.45, 2.75) is 39.9 Å². The Hall–Kier alpha value is -1.85. The third-order valence-corrected chi connectivity index (χ3v) is 3.61. The normalized spacial score (nSPS) is 12.3. The average Bonchev–Trinajstić information content (AvgIpc) is 2.97. The van der Waals surface area contributed by atoms with Crippen LogP contribution in [0.2, 0.25) is 0 Å². The SMILES string of the molecule is CC(C)(C)[C@H](N)C(=O)NCc1ccc(Cn2cccn2)cc1.Cl. The van der Waals surface area contributed by atoms with Crippen LogP contribution in [0, 0.1) is 5.41 Å². The number of halogens is 1. The molecule has 1 aromatic carbocycles. The van der Waals surface area contributed by atoms with E-state index in [1.165, 1.54) is 5.56 Å². The molecule has 5 nitrogen and oxygen atoms in total. The lowest BCUT2D eigenvalue weighted by molar-refractivity contribution is -0.124. The highest BCUT2D eigenvalue weighted by atomic mass is 35.5. The summed E-state index contributed by atoms with van der Waals surface area (Å²) < 4.78 is 1.87. The fraction of sp³-hybridized carbons (Fsp3) is 0.412. The molecule has 0 bridgehead atoms. The number of benzene rings is 1. The summed E-state index contributed by atoms with van der Waals surface area (Å²) >= 11 is 0. The Bertz CT molecular complexity index is 603. The number of hydrogen-bond acceptors (Lipinski definition) is 3. The van der Waals surface area contributed by atoms with Crippen LogP contribution >= 0.6 is 12.4 Å². The zero-order valence-electron chi connectivity index (χ0n) is 13.8. The molecule has 23 heavy (non-hydrogen) atoms. The zero-order chi connectivity index (χ0) is 16.2. The molecule has 2 rings (SSSR count). The second kappa shape index (κ2) is 8.13. The summed E-state index contributed by atoms with van der Waals surface area (Å²) in [4.78, 5) is 12.0. The van der Waals surface area contributed by atoms with Crippen LogP contribution < -0.4 is 11.1 Å². The van der Waals surface area contributed by atoms with Gasteiger partial charge < -0.3 is 11.1 Å². The summed E-state index contributed by atoms with van der Waals surface area (Å²) in [6.45, 7) is 7.11. The van der Waals surface area contributed by atoms with E-state index < -0.39 is 6.04 Å². The van der Waals surface area contributed by atoms with Crippen molar-refractivity contribution in [2.75, 3.05) is 0 Å². The van der Waals surface area contributed by atoms with Crippen molar-refractivity contribution in [3.8, 4) is 0 Å². The number of carbonyl (C=O) groups excluding carboxylic acids is 1. The van der Waals surface area contributed by atoms with E-state index in [0.29, 0.717) is 6.54 Å².